The van der Waals surface area contributed by atoms with Gasteiger partial charge in [0, 0.05) is 12.5 Å². The summed E-state index contributed by atoms with van der Waals surface area (Å²) in [5, 5.41) is 9.50. The zero-order valence-corrected chi connectivity index (χ0v) is 13.3. The van der Waals surface area contributed by atoms with E-state index in [-0.39, 0.29) is 24.4 Å². The van der Waals surface area contributed by atoms with Crippen LogP contribution in [0.1, 0.15) is 48.6 Å². The van der Waals surface area contributed by atoms with Crippen LogP contribution in [-0.4, -0.2) is 27.9 Å². The number of aryl methyl sites for hydroxylation is 3. The van der Waals surface area contributed by atoms with Gasteiger partial charge in [0.2, 0.25) is 5.91 Å². The molecule has 0 saturated carbocycles. The molecule has 2 unspecified atom stereocenters. The third-order valence-electron chi connectivity index (χ3n) is 4.44. The van der Waals surface area contributed by atoms with Crippen molar-refractivity contribution in [2.75, 3.05) is 0 Å². The number of benzene rings is 1. The van der Waals surface area contributed by atoms with Gasteiger partial charge in [0.05, 0.1) is 12.0 Å². The number of hydrogen-bond donors (Lipinski definition) is 1. The lowest BCUT2D eigenvalue weighted by Gasteiger charge is -2.32. The average Bonchev–Trinajstić information content (AvgIpc) is 2.71. The van der Waals surface area contributed by atoms with Gasteiger partial charge in [-0.1, -0.05) is 12.1 Å². The predicted molar refractivity (Wildman–Crippen MR) is 81.1 cm³/mol. The molecular formula is C17H23NO3. The van der Waals surface area contributed by atoms with Crippen LogP contribution in [0, 0.1) is 26.7 Å². The van der Waals surface area contributed by atoms with Crippen molar-refractivity contribution in [3.8, 4) is 0 Å². The minimum Gasteiger partial charge on any atom is -0.481 e. The van der Waals surface area contributed by atoms with Crippen LogP contribution in [0.4, 0.5) is 0 Å². The van der Waals surface area contributed by atoms with Gasteiger partial charge in [-0.2, -0.15) is 0 Å². The molecular weight excluding hydrogens is 266 g/mol. The van der Waals surface area contributed by atoms with Gasteiger partial charge in [-0.25, -0.2) is 0 Å². The SMILES string of the molecule is Cc1cc(C)c(C2C(C(=O)O)CC(=O)N2C(C)C)cc1C. The Hall–Kier alpha value is -1.84. The van der Waals surface area contributed by atoms with Crippen molar-refractivity contribution in [2.24, 2.45) is 5.92 Å². The molecule has 1 aromatic rings. The van der Waals surface area contributed by atoms with Crippen LogP contribution >= 0.6 is 0 Å². The van der Waals surface area contributed by atoms with Gasteiger partial charge >= 0.3 is 5.97 Å². The molecule has 0 spiro atoms. The van der Waals surface area contributed by atoms with E-state index in [0.29, 0.717) is 0 Å². The van der Waals surface area contributed by atoms with Crippen LogP contribution in [0.25, 0.3) is 0 Å². The Balaban J connectivity index is 2.58. The summed E-state index contributed by atoms with van der Waals surface area (Å²) < 4.78 is 0. The topological polar surface area (TPSA) is 57.6 Å². The van der Waals surface area contributed by atoms with Gasteiger partial charge in [-0.15, -0.1) is 0 Å². The number of likely N-dealkylation sites (tertiary alicyclic amines) is 1. The number of nitrogens with zero attached hydrogens (tertiary/aromatic N) is 1. The summed E-state index contributed by atoms with van der Waals surface area (Å²) in [7, 11) is 0. The molecule has 1 fully saturated rings. The predicted octanol–water partition coefficient (Wildman–Crippen LogP) is 2.99. The Bertz CT molecular complexity index is 592. The first kappa shape index (κ1) is 15.5. The fourth-order valence-electron chi connectivity index (χ4n) is 3.25. The van der Waals surface area contributed by atoms with E-state index in [9.17, 15) is 14.7 Å². The average molecular weight is 289 g/mol. The lowest BCUT2D eigenvalue weighted by molar-refractivity contribution is -0.142. The number of rotatable bonds is 3. The molecule has 1 amide bonds. The number of carboxylic acid groups (broad SMARTS) is 1. The molecule has 0 radical (unpaired) electrons. The normalized spacial score (nSPS) is 22.2. The van der Waals surface area contributed by atoms with E-state index < -0.39 is 11.9 Å². The van der Waals surface area contributed by atoms with Crippen molar-refractivity contribution >= 4 is 11.9 Å². The molecule has 1 aromatic carbocycles. The monoisotopic (exact) mass is 289 g/mol. The molecule has 0 aliphatic carbocycles. The first-order valence-corrected chi connectivity index (χ1v) is 7.35. The zero-order valence-electron chi connectivity index (χ0n) is 13.3. The van der Waals surface area contributed by atoms with Crippen molar-refractivity contribution in [1.29, 1.82) is 0 Å². The molecule has 0 aromatic heterocycles. The first-order chi connectivity index (χ1) is 9.73. The molecule has 21 heavy (non-hydrogen) atoms. The van der Waals surface area contributed by atoms with Crippen LogP contribution in [0.15, 0.2) is 12.1 Å². The second-order valence-electron chi connectivity index (χ2n) is 6.28. The maximum absolute atomic E-state index is 12.2. The van der Waals surface area contributed by atoms with Gasteiger partial charge in [-0.3, -0.25) is 9.59 Å². The number of amides is 1. The van der Waals surface area contributed by atoms with Crippen molar-refractivity contribution in [1.82, 2.24) is 4.90 Å². The van der Waals surface area contributed by atoms with Crippen molar-refractivity contribution in [3.63, 3.8) is 0 Å². The fourth-order valence-corrected chi connectivity index (χ4v) is 3.25. The highest BCUT2D eigenvalue weighted by atomic mass is 16.4. The molecule has 114 valence electrons. The number of carbonyl (C=O) groups is 2. The quantitative estimate of drug-likeness (QED) is 0.930. The number of hydrogen-bond acceptors (Lipinski definition) is 2. The van der Waals surface area contributed by atoms with Crippen molar-refractivity contribution in [2.45, 2.75) is 53.1 Å². The van der Waals surface area contributed by atoms with Crippen molar-refractivity contribution in [3.05, 3.63) is 34.4 Å². The maximum atomic E-state index is 12.2. The van der Waals surface area contributed by atoms with Gasteiger partial charge in [0.25, 0.3) is 0 Å². The summed E-state index contributed by atoms with van der Waals surface area (Å²) >= 11 is 0. The number of carboxylic acids is 1. The Morgan fingerprint density at radius 3 is 2.29 bits per heavy atom. The molecule has 4 nitrogen and oxygen atoms in total. The van der Waals surface area contributed by atoms with E-state index in [0.717, 1.165) is 16.7 Å². The van der Waals surface area contributed by atoms with E-state index in [2.05, 4.69) is 6.07 Å². The van der Waals surface area contributed by atoms with Crippen LogP contribution in [0.3, 0.4) is 0 Å². The number of aliphatic carboxylic acids is 1. The molecule has 1 saturated heterocycles. The highest BCUT2D eigenvalue weighted by molar-refractivity contribution is 5.87. The first-order valence-electron chi connectivity index (χ1n) is 7.35. The van der Waals surface area contributed by atoms with Crippen LogP contribution < -0.4 is 0 Å². The minimum atomic E-state index is -0.894. The summed E-state index contributed by atoms with van der Waals surface area (Å²) in [6.07, 6.45) is 0.0878. The van der Waals surface area contributed by atoms with Crippen LogP contribution in [-0.2, 0) is 9.59 Å². The summed E-state index contributed by atoms with van der Waals surface area (Å²) in [4.78, 5) is 25.6. The summed E-state index contributed by atoms with van der Waals surface area (Å²) in [6.45, 7) is 9.92. The lowest BCUT2D eigenvalue weighted by atomic mass is 9.88. The van der Waals surface area contributed by atoms with Gasteiger partial charge < -0.3 is 10.0 Å². The highest BCUT2D eigenvalue weighted by Gasteiger charge is 2.46. The molecule has 2 rings (SSSR count). The molecule has 0 bridgehead atoms. The zero-order chi connectivity index (χ0) is 15.9. The second-order valence-corrected chi connectivity index (χ2v) is 6.28. The second kappa shape index (κ2) is 5.51. The molecule has 4 heteroatoms. The standard InChI is InChI=1S/C17H23NO3/c1-9(2)18-15(19)8-14(17(20)21)16(18)13-7-11(4)10(3)6-12(13)5/h6-7,9,14,16H,8H2,1-5H3,(H,20,21). The van der Waals surface area contributed by atoms with E-state index >= 15 is 0 Å². The molecule has 1 aliphatic rings. The third-order valence-corrected chi connectivity index (χ3v) is 4.44. The summed E-state index contributed by atoms with van der Waals surface area (Å²) in [5.41, 5.74) is 4.33. The molecule has 2 atom stereocenters. The molecule has 1 aliphatic heterocycles. The van der Waals surface area contributed by atoms with E-state index in [1.165, 1.54) is 5.56 Å². The van der Waals surface area contributed by atoms with Crippen LogP contribution in [0.2, 0.25) is 0 Å². The van der Waals surface area contributed by atoms with Gasteiger partial charge in [0.1, 0.15) is 0 Å². The Kier molecular flexibility index (Phi) is 4.08. The van der Waals surface area contributed by atoms with Gasteiger partial charge in [-0.05, 0) is 56.9 Å². The van der Waals surface area contributed by atoms with Gasteiger partial charge in [0.15, 0.2) is 0 Å². The van der Waals surface area contributed by atoms with Crippen molar-refractivity contribution < 1.29 is 14.7 Å². The highest BCUT2D eigenvalue weighted by Crippen LogP contribution is 2.41. The lowest BCUT2D eigenvalue weighted by Crippen LogP contribution is -2.36. The Morgan fingerprint density at radius 2 is 1.76 bits per heavy atom. The Labute approximate surface area is 125 Å². The third kappa shape index (κ3) is 2.67. The fraction of sp³-hybridized carbons (Fsp3) is 0.529. The smallest absolute Gasteiger partial charge is 0.309 e. The largest absolute Gasteiger partial charge is 0.481 e. The van der Waals surface area contributed by atoms with Crippen LogP contribution in [0.5, 0.6) is 0 Å². The molecule has 1 heterocycles. The van der Waals surface area contributed by atoms with E-state index in [1.807, 2.05) is 40.7 Å². The van der Waals surface area contributed by atoms with E-state index in [4.69, 9.17) is 0 Å². The number of carbonyl (C=O) groups excluding carboxylic acids is 1. The Morgan fingerprint density at radius 1 is 1.19 bits per heavy atom. The van der Waals surface area contributed by atoms with E-state index in [1.54, 1.807) is 4.90 Å². The maximum Gasteiger partial charge on any atom is 0.309 e. The minimum absolute atomic E-state index is 0.00661. The summed E-state index contributed by atoms with van der Waals surface area (Å²) in [6, 6.07) is 3.74. The molecule has 1 N–H and O–H groups in total. The summed E-state index contributed by atoms with van der Waals surface area (Å²) in [5.74, 6) is -1.63.